The molecule has 3 saturated heterocycles. The number of aliphatic hydroxyl groups excluding tert-OH is 1. The Morgan fingerprint density at radius 3 is 1.15 bits per heavy atom. The summed E-state index contributed by atoms with van der Waals surface area (Å²) in [5.74, 6) is -0.528. The molecule has 0 spiro atoms. The first-order valence-electron chi connectivity index (χ1n) is 36.2. The summed E-state index contributed by atoms with van der Waals surface area (Å²) in [6.45, 7) is 10.0. The van der Waals surface area contributed by atoms with Gasteiger partial charge in [-0.25, -0.2) is 39.1 Å². The molecule has 8 N–H and O–H groups in total. The SMILES string of the molecule is C.C.C.C#C[C@@]1(C)[C@@H](COC(Cc2ccccc2)(C(C)=O)C(=O)OCC)O[C@@H](n2cnc3c(Cl)nc(Cl)nc32)[C@@H]1OC(C)=O.C#C[C@@]1(C)[C@@H](COC(Cc2ccccc2)(C(C)=O)C(=O)OCC)O[C@@H](n2cnc3c(NO)nc(Cl)nc32)[C@@H]1OC(C)=O.C#C[C@@]1(O)[C@@H](COC(Cc2ccccc2)(C(=O)O)C(=O)O)O[C@@H](n2cnc3c(NO)nc(Cl)nc32)[C@@H]1O. The molecule has 0 amide bonds. The smallest absolute Gasteiger partial charge is 0.348 e. The predicted octanol–water partition coefficient (Wildman–Crippen LogP) is 8.63. The Morgan fingerprint density at radius 1 is 0.496 bits per heavy atom. The number of benzene rings is 3. The van der Waals surface area contributed by atoms with Crippen molar-refractivity contribution in [1.82, 2.24) is 58.6 Å². The van der Waals surface area contributed by atoms with Crippen molar-refractivity contribution in [2.24, 2.45) is 10.8 Å². The second kappa shape index (κ2) is 41.1. The number of carboxylic acids is 2. The van der Waals surface area contributed by atoms with Gasteiger partial charge in [0.25, 0.3) is 5.60 Å². The van der Waals surface area contributed by atoms with Crippen molar-refractivity contribution in [2.75, 3.05) is 44.0 Å². The Balaban J connectivity index is 0.000000251. The number of anilines is 2. The third kappa shape index (κ3) is 19.9. The number of esters is 4. The lowest BCUT2D eigenvalue weighted by Gasteiger charge is -2.33. The van der Waals surface area contributed by atoms with Crippen LogP contribution in [-0.4, -0.2) is 229 Å². The maximum atomic E-state index is 13.3. The van der Waals surface area contributed by atoms with Crippen molar-refractivity contribution < 1.29 is 117 Å². The first-order chi connectivity index (χ1) is 57.0. The van der Waals surface area contributed by atoms with E-state index in [2.05, 4.69) is 56.7 Å². The summed E-state index contributed by atoms with van der Waals surface area (Å²) in [5, 5.41) is 59.7. The summed E-state index contributed by atoms with van der Waals surface area (Å²) >= 11 is 24.2. The fourth-order valence-corrected chi connectivity index (χ4v) is 14.4. The number of fused-ring (bicyclic) bond motifs is 3. The van der Waals surface area contributed by atoms with Crippen LogP contribution in [0.25, 0.3) is 33.5 Å². The molecule has 0 saturated carbocycles. The zero-order valence-electron chi connectivity index (χ0n) is 64.9. The number of nitrogens with one attached hydrogen (secondary N) is 2. The number of rotatable bonds is 30. The third-order valence-electron chi connectivity index (χ3n) is 20.1. The number of imidazole rings is 3. The molecule has 3 aromatic carbocycles. The molecule has 38 nitrogen and oxygen atoms in total. The summed E-state index contributed by atoms with van der Waals surface area (Å²) < 4.78 is 62.1. The maximum absolute atomic E-state index is 13.3. The number of aliphatic carboxylic acids is 2. The van der Waals surface area contributed by atoms with Crippen LogP contribution in [0.1, 0.15) is 113 Å². The van der Waals surface area contributed by atoms with Gasteiger partial charge in [-0.3, -0.25) is 54.3 Å². The van der Waals surface area contributed by atoms with Gasteiger partial charge >= 0.3 is 35.8 Å². The zero-order valence-corrected chi connectivity index (χ0v) is 67.9. The number of carbonyl (C=O) groups is 8. The van der Waals surface area contributed by atoms with Crippen LogP contribution in [0.2, 0.25) is 21.0 Å². The van der Waals surface area contributed by atoms with Crippen molar-refractivity contribution >= 4 is 139 Å². The van der Waals surface area contributed by atoms with Gasteiger partial charge in [-0.2, -0.15) is 24.9 Å². The summed E-state index contributed by atoms with van der Waals surface area (Å²) in [6.07, 6.45) is 9.46. The highest BCUT2D eigenvalue weighted by atomic mass is 35.5. The van der Waals surface area contributed by atoms with Gasteiger partial charge in [-0.15, -0.1) is 19.3 Å². The number of Topliss-reactive ketones (excluding diaryl/α,β-unsaturated/α-hetero) is 2. The van der Waals surface area contributed by atoms with Crippen molar-refractivity contribution in [1.29, 1.82) is 0 Å². The summed E-state index contributed by atoms with van der Waals surface area (Å²) in [5.41, 5.74) is -5.61. The van der Waals surface area contributed by atoms with Gasteiger partial charge < -0.3 is 67.8 Å². The Morgan fingerprint density at radius 2 is 0.821 bits per heavy atom. The Labute approximate surface area is 724 Å². The van der Waals surface area contributed by atoms with Gasteiger partial charge in [0.2, 0.25) is 27.1 Å². The number of aliphatic hydroxyl groups is 2. The van der Waals surface area contributed by atoms with Crippen LogP contribution in [0.3, 0.4) is 0 Å². The fourth-order valence-electron chi connectivity index (χ4n) is 13.6. The fraction of sp³-hybridized carbons (Fsp3) is 0.420. The van der Waals surface area contributed by atoms with Gasteiger partial charge in [0.05, 0.1) is 62.8 Å². The first kappa shape index (κ1) is 98.6. The molecule has 9 aromatic rings. The number of nitrogens with zero attached hydrogens (tertiary/aromatic N) is 12. The number of halogens is 4. The highest BCUT2D eigenvalue weighted by Gasteiger charge is 2.62. The van der Waals surface area contributed by atoms with E-state index in [1.807, 2.05) is 29.0 Å². The molecule has 42 heteroatoms. The Kier molecular flexibility index (Phi) is 33.0. The lowest BCUT2D eigenvalue weighted by atomic mass is 9.81. The second-order valence-corrected chi connectivity index (χ2v) is 29.0. The molecule has 3 aliphatic heterocycles. The molecular formula is C81H90Cl4N14O24. The molecule has 0 bridgehead atoms. The molecule has 0 radical (unpaired) electrons. The van der Waals surface area contributed by atoms with Crippen molar-refractivity contribution in [3.05, 3.63) is 148 Å². The van der Waals surface area contributed by atoms with Crippen LogP contribution in [0.4, 0.5) is 11.6 Å². The maximum Gasteiger partial charge on any atom is 0.348 e. The van der Waals surface area contributed by atoms with Gasteiger partial charge in [0.15, 0.2) is 92.8 Å². The molecular weight excluding hydrogens is 1690 g/mol. The number of ketones is 2. The number of terminal acetylenes is 3. The molecule has 9 heterocycles. The molecule has 14 atom stereocenters. The van der Waals surface area contributed by atoms with E-state index in [9.17, 15) is 69.2 Å². The minimum Gasteiger partial charge on any atom is -0.479 e. The largest absolute Gasteiger partial charge is 0.479 e. The number of carbonyl (C=O) groups excluding carboxylic acids is 6. The highest BCUT2D eigenvalue weighted by molar-refractivity contribution is 6.35. The van der Waals surface area contributed by atoms with Gasteiger partial charge in [0, 0.05) is 33.1 Å². The average Bonchev–Trinajstić information content (AvgIpc) is 1.60. The second-order valence-electron chi connectivity index (χ2n) is 27.6. The molecule has 2 unspecified atom stereocenters. The van der Waals surface area contributed by atoms with E-state index in [1.54, 1.807) is 94.4 Å². The molecule has 0 aliphatic carbocycles. The van der Waals surface area contributed by atoms with E-state index in [-0.39, 0.29) is 128 Å². The number of carboxylic acid groups (broad SMARTS) is 2. The van der Waals surface area contributed by atoms with Crippen LogP contribution in [0.5, 0.6) is 0 Å². The lowest BCUT2D eigenvalue weighted by Crippen LogP contribution is -2.55. The summed E-state index contributed by atoms with van der Waals surface area (Å²) in [7, 11) is 0. The van der Waals surface area contributed by atoms with Crippen LogP contribution < -0.4 is 11.0 Å². The summed E-state index contributed by atoms with van der Waals surface area (Å²) in [6, 6.07) is 25.7. The van der Waals surface area contributed by atoms with Gasteiger partial charge in [0.1, 0.15) is 29.9 Å². The van der Waals surface area contributed by atoms with Crippen LogP contribution >= 0.6 is 46.4 Å². The predicted molar refractivity (Wildman–Crippen MR) is 440 cm³/mol. The quantitative estimate of drug-likeness (QED) is 0.00397. The minimum atomic E-state index is -2.76. The van der Waals surface area contributed by atoms with Crippen LogP contribution in [0.15, 0.2) is 110 Å². The average molecular weight is 1790 g/mol. The number of hydrogen-bond donors (Lipinski definition) is 8. The standard InChI is InChI=1S/C28H28Cl2N4O7.C28H30ClN5O8.C22H20ClN5O9.3CH4/c1-6-27(5)19(14-39-28(16(3)35,25(37)38-7-2)13-18-11-9-8-10-12-18)41-24(21(27)40-17(4)36)34-15-31-20-22(29)32-26(30)33-23(20)34;1-6-27(5)19(14-40-28(16(3)35,25(37)39-7-2)13-18-11-9-8-10-12-18)42-24(21(27)41-17(4)36)34-15-30-20-22(33-38)31-26(29)32-23(20)34;1-2-21(34)12(9-36-22(18(30)31,19(32)33)8-11-6-4-3-5-7-11)37-17(14(21)29)28-10-24-13-15(27-35)25-20(23)26-16(13)28;;;/h1,8-12,15,19,21,24H,7,13-14H2,2-5H3;1,8-12,15,19,21,24,38H,7,13-14H2,2-5H3,(H,31,32,33);1,3-7,10,12,14,17,29,34-35H,8-9H2,(H,30,31)(H,32,33)(H,25,26,27);3*1H4/t2*19-,21+,24-,27+,28?;12-,14+,17-,21-;;;/m111.../s1. The molecule has 656 valence electrons. The monoisotopic (exact) mass is 1780 g/mol. The van der Waals surface area contributed by atoms with E-state index < -0.39 is 149 Å². The van der Waals surface area contributed by atoms with Crippen LogP contribution in [-0.2, 0) is 105 Å². The van der Waals surface area contributed by atoms with E-state index in [0.29, 0.717) is 16.7 Å². The first-order valence-corrected chi connectivity index (χ1v) is 37.7. The number of aromatic nitrogens is 12. The topological polar surface area (TPSA) is 505 Å². The molecule has 3 fully saturated rings. The minimum absolute atomic E-state index is 0. The van der Waals surface area contributed by atoms with E-state index in [4.69, 9.17) is 113 Å². The van der Waals surface area contributed by atoms with Crippen molar-refractivity contribution in [3.63, 3.8) is 0 Å². The highest BCUT2D eigenvalue weighted by Crippen LogP contribution is 2.49. The number of ether oxygens (including phenoxy) is 10. The van der Waals surface area contributed by atoms with Crippen LogP contribution in [0, 0.1) is 47.9 Å². The molecule has 6 aromatic heterocycles. The van der Waals surface area contributed by atoms with Gasteiger partial charge in [-0.05, 0) is 93.0 Å². The third-order valence-corrected chi connectivity index (χ3v) is 20.9. The van der Waals surface area contributed by atoms with Crippen molar-refractivity contribution in [2.45, 2.75) is 175 Å². The summed E-state index contributed by atoms with van der Waals surface area (Å²) in [4.78, 5) is 138. The van der Waals surface area contributed by atoms with E-state index >= 15 is 0 Å². The normalized spacial score (nSPS) is 22.8. The zero-order chi connectivity index (χ0) is 87.6. The molecule has 12 rings (SSSR count). The van der Waals surface area contributed by atoms with E-state index in [0.717, 1.165) is 10.9 Å². The number of hydrogen-bond acceptors (Lipinski definition) is 33. The molecule has 3 aliphatic rings. The van der Waals surface area contributed by atoms with Gasteiger partial charge in [-0.1, -0.05) is 143 Å². The Hall–Kier alpha value is -11.5. The van der Waals surface area contributed by atoms with E-state index in [1.165, 1.54) is 61.6 Å². The Bertz CT molecular complexity index is 5450. The molecule has 123 heavy (non-hydrogen) atoms. The lowest BCUT2D eigenvalue weighted by molar-refractivity contribution is -0.191. The van der Waals surface area contributed by atoms with Crippen molar-refractivity contribution in [3.8, 4) is 37.0 Å².